The monoisotopic (exact) mass is 277 g/mol. The van der Waals surface area contributed by atoms with E-state index in [0.717, 1.165) is 22.0 Å². The van der Waals surface area contributed by atoms with Crippen LogP contribution in [0.1, 0.15) is 22.3 Å². The molecule has 0 saturated carbocycles. The second-order valence-electron chi connectivity index (χ2n) is 4.06. The van der Waals surface area contributed by atoms with Gasteiger partial charge in [0.2, 0.25) is 0 Å². The summed E-state index contributed by atoms with van der Waals surface area (Å²) >= 11 is 1.38. The van der Waals surface area contributed by atoms with Gasteiger partial charge in [-0.25, -0.2) is 4.98 Å². The van der Waals surface area contributed by atoms with Gasteiger partial charge < -0.3 is 9.47 Å². The third-order valence-electron chi connectivity index (χ3n) is 2.76. The quantitative estimate of drug-likeness (QED) is 0.804. The Hall–Kier alpha value is -1.88. The smallest absolute Gasteiger partial charge is 0.171 e. The maximum absolute atomic E-state index is 11.5. The normalized spacial score (nSPS) is 10.3. The number of hydrogen-bond donors (Lipinski definition) is 0. The zero-order valence-electron chi connectivity index (χ0n) is 11.3. The second kappa shape index (κ2) is 5.40. The van der Waals surface area contributed by atoms with E-state index >= 15 is 0 Å². The van der Waals surface area contributed by atoms with Gasteiger partial charge in [-0.2, -0.15) is 0 Å². The molecule has 2 rings (SSSR count). The summed E-state index contributed by atoms with van der Waals surface area (Å²) in [6.45, 7) is 3.39. The third kappa shape index (κ3) is 2.61. The van der Waals surface area contributed by atoms with Gasteiger partial charge in [-0.15, -0.1) is 11.3 Å². The Bertz CT molecular complexity index is 619. The highest BCUT2D eigenvalue weighted by Crippen LogP contribution is 2.36. The van der Waals surface area contributed by atoms with Crippen molar-refractivity contribution in [2.45, 2.75) is 13.8 Å². The minimum atomic E-state index is 0.0359. The number of methoxy groups -OCH3 is 2. The molecule has 0 N–H and O–H groups in total. The first-order valence-corrected chi connectivity index (χ1v) is 6.59. The second-order valence-corrected chi connectivity index (χ2v) is 5.06. The summed E-state index contributed by atoms with van der Waals surface area (Å²) in [7, 11) is 3.21. The van der Waals surface area contributed by atoms with Crippen molar-refractivity contribution in [2.24, 2.45) is 0 Å². The highest BCUT2D eigenvalue weighted by Gasteiger charge is 2.16. The lowest BCUT2D eigenvalue weighted by molar-refractivity contribution is 0.102. The van der Waals surface area contributed by atoms with E-state index in [-0.39, 0.29) is 5.78 Å². The fourth-order valence-corrected chi connectivity index (χ4v) is 2.81. The molecule has 5 heteroatoms. The molecule has 0 amide bonds. The molecule has 0 bridgehead atoms. The van der Waals surface area contributed by atoms with Gasteiger partial charge in [0.25, 0.3) is 0 Å². The molecule has 19 heavy (non-hydrogen) atoms. The molecule has 2 aromatic rings. The number of Topliss-reactive ketones (excluding diaryl/α,β-unsaturated/α-hetero) is 1. The van der Waals surface area contributed by atoms with Crippen LogP contribution in [0.4, 0.5) is 0 Å². The van der Waals surface area contributed by atoms with E-state index in [4.69, 9.17) is 9.47 Å². The van der Waals surface area contributed by atoms with Crippen molar-refractivity contribution < 1.29 is 14.3 Å². The lowest BCUT2D eigenvalue weighted by Gasteiger charge is -2.08. The molecule has 0 aliphatic rings. The fourth-order valence-electron chi connectivity index (χ4n) is 1.81. The zero-order valence-corrected chi connectivity index (χ0v) is 12.1. The van der Waals surface area contributed by atoms with Crippen molar-refractivity contribution in [2.75, 3.05) is 14.2 Å². The van der Waals surface area contributed by atoms with E-state index in [1.165, 1.54) is 11.3 Å². The topological polar surface area (TPSA) is 48.4 Å². The number of thiazole rings is 1. The van der Waals surface area contributed by atoms with E-state index < -0.39 is 0 Å². The molecule has 0 atom stereocenters. The van der Waals surface area contributed by atoms with Crippen LogP contribution in [-0.4, -0.2) is 25.0 Å². The first kappa shape index (κ1) is 13.5. The third-order valence-corrected chi connectivity index (χ3v) is 4.05. The van der Waals surface area contributed by atoms with Gasteiger partial charge in [-0.05, 0) is 19.1 Å². The van der Waals surface area contributed by atoms with E-state index in [0.29, 0.717) is 10.6 Å². The molecule has 1 heterocycles. The van der Waals surface area contributed by atoms with Crippen molar-refractivity contribution in [3.8, 4) is 22.1 Å². The maximum atomic E-state index is 11.5. The van der Waals surface area contributed by atoms with Crippen molar-refractivity contribution in [3.05, 3.63) is 28.8 Å². The minimum absolute atomic E-state index is 0.0359. The number of carbonyl (C=O) groups is 1. The predicted molar refractivity (Wildman–Crippen MR) is 75.4 cm³/mol. The summed E-state index contributed by atoms with van der Waals surface area (Å²) in [5.41, 5.74) is 1.62. The molecule has 0 saturated heterocycles. The van der Waals surface area contributed by atoms with Gasteiger partial charge in [-0.3, -0.25) is 4.79 Å². The van der Waals surface area contributed by atoms with Crippen LogP contribution < -0.4 is 9.47 Å². The molecule has 0 aliphatic carbocycles. The van der Waals surface area contributed by atoms with E-state index in [9.17, 15) is 4.79 Å². The number of carbonyl (C=O) groups excluding carboxylic acids is 1. The van der Waals surface area contributed by atoms with Crippen LogP contribution in [0.25, 0.3) is 10.6 Å². The predicted octanol–water partition coefficient (Wildman–Crippen LogP) is 3.34. The largest absolute Gasteiger partial charge is 0.497 e. The number of aromatic nitrogens is 1. The molecule has 0 fully saturated rings. The summed E-state index contributed by atoms with van der Waals surface area (Å²) in [6, 6.07) is 5.54. The number of aryl methyl sites for hydroxylation is 1. The number of hydrogen-bond acceptors (Lipinski definition) is 5. The average molecular weight is 277 g/mol. The fraction of sp³-hybridized carbons (Fsp3) is 0.286. The number of ketones is 1. The van der Waals surface area contributed by atoms with Crippen LogP contribution in [0, 0.1) is 6.92 Å². The summed E-state index contributed by atoms with van der Waals surface area (Å²) in [4.78, 5) is 16.6. The summed E-state index contributed by atoms with van der Waals surface area (Å²) < 4.78 is 10.5. The first-order chi connectivity index (χ1) is 9.06. The zero-order chi connectivity index (χ0) is 14.0. The molecule has 0 radical (unpaired) electrons. The Morgan fingerprint density at radius 1 is 1.26 bits per heavy atom. The molecular weight excluding hydrogens is 262 g/mol. The Morgan fingerprint density at radius 3 is 2.53 bits per heavy atom. The Kier molecular flexibility index (Phi) is 3.85. The van der Waals surface area contributed by atoms with Crippen LogP contribution in [0.3, 0.4) is 0 Å². The van der Waals surface area contributed by atoms with Gasteiger partial charge in [0.05, 0.1) is 30.4 Å². The average Bonchev–Trinajstić information content (AvgIpc) is 2.80. The molecule has 1 aromatic carbocycles. The Morgan fingerprint density at radius 2 is 2.00 bits per heavy atom. The number of benzene rings is 1. The van der Waals surface area contributed by atoms with E-state index in [1.807, 2.05) is 19.1 Å². The van der Waals surface area contributed by atoms with Crippen molar-refractivity contribution in [3.63, 3.8) is 0 Å². The van der Waals surface area contributed by atoms with Crippen molar-refractivity contribution in [1.29, 1.82) is 0 Å². The van der Waals surface area contributed by atoms with Gasteiger partial charge in [0.15, 0.2) is 5.78 Å². The van der Waals surface area contributed by atoms with Crippen molar-refractivity contribution in [1.82, 2.24) is 4.98 Å². The molecular formula is C14H15NO3S. The summed E-state index contributed by atoms with van der Waals surface area (Å²) in [5, 5.41) is 0.780. The molecule has 0 spiro atoms. The van der Waals surface area contributed by atoms with Crippen LogP contribution in [0.15, 0.2) is 18.2 Å². The molecule has 0 aliphatic heterocycles. The van der Waals surface area contributed by atoms with Gasteiger partial charge in [0.1, 0.15) is 16.5 Å². The first-order valence-electron chi connectivity index (χ1n) is 5.77. The van der Waals surface area contributed by atoms with Gasteiger partial charge >= 0.3 is 0 Å². The highest BCUT2D eigenvalue weighted by atomic mass is 32.1. The highest BCUT2D eigenvalue weighted by molar-refractivity contribution is 7.17. The van der Waals surface area contributed by atoms with Crippen LogP contribution in [-0.2, 0) is 0 Å². The van der Waals surface area contributed by atoms with Gasteiger partial charge in [-0.1, -0.05) is 0 Å². The van der Waals surface area contributed by atoms with Gasteiger partial charge in [0, 0.05) is 13.0 Å². The van der Waals surface area contributed by atoms with Crippen LogP contribution >= 0.6 is 11.3 Å². The number of nitrogens with zero attached hydrogens (tertiary/aromatic N) is 1. The lowest BCUT2D eigenvalue weighted by Crippen LogP contribution is -1.90. The van der Waals surface area contributed by atoms with E-state index in [1.54, 1.807) is 27.2 Å². The molecule has 1 aromatic heterocycles. The standard InChI is InChI=1S/C14H15NO3S/c1-8-13(9(2)16)19-14(15-8)11-6-5-10(17-3)7-12(11)18-4/h5-7H,1-4H3. The Balaban J connectivity index is 2.52. The summed E-state index contributed by atoms with van der Waals surface area (Å²) in [6.07, 6.45) is 0. The number of rotatable bonds is 4. The maximum Gasteiger partial charge on any atom is 0.171 e. The van der Waals surface area contributed by atoms with Crippen LogP contribution in [0.2, 0.25) is 0 Å². The summed E-state index contributed by atoms with van der Waals surface area (Å²) in [5.74, 6) is 1.44. The number of ether oxygens (including phenoxy) is 2. The minimum Gasteiger partial charge on any atom is -0.497 e. The van der Waals surface area contributed by atoms with Crippen molar-refractivity contribution >= 4 is 17.1 Å². The van der Waals surface area contributed by atoms with Crippen LogP contribution in [0.5, 0.6) is 11.5 Å². The van der Waals surface area contributed by atoms with E-state index in [2.05, 4.69) is 4.98 Å². The molecule has 100 valence electrons. The molecule has 0 unspecified atom stereocenters. The lowest BCUT2D eigenvalue weighted by atomic mass is 10.2. The molecule has 4 nitrogen and oxygen atoms in total. The SMILES string of the molecule is COc1ccc(-c2nc(C)c(C(C)=O)s2)c(OC)c1. The Labute approximate surface area is 116 Å².